The quantitative estimate of drug-likeness (QED) is 0.846. The molecule has 1 aromatic carbocycles. The molecule has 1 aliphatic rings. The Morgan fingerprint density at radius 2 is 1.68 bits per heavy atom. The fraction of sp³-hybridized carbons (Fsp3) is 0.389. The van der Waals surface area contributed by atoms with E-state index >= 15 is 0 Å². The molecule has 1 aliphatic heterocycles. The van der Waals surface area contributed by atoms with Gasteiger partial charge in [-0.2, -0.15) is 0 Å². The van der Waals surface area contributed by atoms with Crippen LogP contribution in [0.1, 0.15) is 5.56 Å². The third kappa shape index (κ3) is 4.04. The van der Waals surface area contributed by atoms with Gasteiger partial charge >= 0.3 is 0 Å². The Bertz CT molecular complexity index is 553. The summed E-state index contributed by atoms with van der Waals surface area (Å²) < 4.78 is 14.2. The lowest BCUT2D eigenvalue weighted by molar-refractivity contribution is 0.182. The molecule has 2 aromatic rings. The number of pyridine rings is 1. The first kappa shape index (κ1) is 15.0. The molecule has 1 saturated heterocycles. The zero-order chi connectivity index (χ0) is 15.2. The predicted octanol–water partition coefficient (Wildman–Crippen LogP) is 2.78. The molecule has 3 nitrogen and oxygen atoms in total. The molecule has 1 aromatic heterocycles. The van der Waals surface area contributed by atoms with E-state index in [4.69, 9.17) is 0 Å². The lowest BCUT2D eigenvalue weighted by Crippen LogP contribution is -2.48. The molecule has 3 rings (SSSR count). The summed E-state index contributed by atoms with van der Waals surface area (Å²) in [7, 11) is 0. The van der Waals surface area contributed by atoms with Gasteiger partial charge in [0.1, 0.15) is 12.0 Å². The van der Waals surface area contributed by atoms with Crippen LogP contribution < -0.4 is 4.90 Å². The second-order valence-corrected chi connectivity index (χ2v) is 5.76. The molecule has 116 valence electrons. The summed E-state index contributed by atoms with van der Waals surface area (Å²) in [4.78, 5) is 8.86. The highest BCUT2D eigenvalue weighted by Crippen LogP contribution is 2.14. The number of rotatable bonds is 5. The number of hydrogen-bond donors (Lipinski definition) is 0. The van der Waals surface area contributed by atoms with Crippen molar-refractivity contribution in [3.63, 3.8) is 0 Å². The lowest BCUT2D eigenvalue weighted by Gasteiger charge is -2.35. The van der Waals surface area contributed by atoms with E-state index in [9.17, 15) is 4.39 Å². The van der Waals surface area contributed by atoms with Gasteiger partial charge in [0, 0.05) is 45.3 Å². The van der Waals surface area contributed by atoms with Crippen molar-refractivity contribution in [1.82, 2.24) is 9.88 Å². The normalized spacial score (nSPS) is 17.4. The number of hydrogen-bond acceptors (Lipinski definition) is 3. The van der Waals surface area contributed by atoms with E-state index in [1.165, 1.54) is 0 Å². The average Bonchev–Trinajstić information content (AvgIpc) is 2.57. The second kappa shape index (κ2) is 7.36. The van der Waals surface area contributed by atoms with Crippen LogP contribution in [0.15, 0.2) is 54.7 Å². The van der Waals surface area contributed by atoms with Crippen LogP contribution in [0.3, 0.4) is 0 Å². The molecule has 0 radical (unpaired) electrons. The number of piperazine rings is 1. The van der Waals surface area contributed by atoms with Gasteiger partial charge in [0.25, 0.3) is 0 Å². The van der Waals surface area contributed by atoms with Gasteiger partial charge in [0.2, 0.25) is 0 Å². The Hall–Kier alpha value is -1.94. The SMILES string of the molecule is F[C@H](Cc1ccccc1)CN1CCN(c2ccccn2)CC1. The van der Waals surface area contributed by atoms with Gasteiger partial charge in [-0.3, -0.25) is 4.90 Å². The summed E-state index contributed by atoms with van der Waals surface area (Å²) in [5.74, 6) is 1.02. The summed E-state index contributed by atoms with van der Waals surface area (Å²) in [6, 6.07) is 15.8. The molecule has 0 amide bonds. The molecule has 0 N–H and O–H groups in total. The van der Waals surface area contributed by atoms with Gasteiger partial charge in [0.15, 0.2) is 0 Å². The van der Waals surface area contributed by atoms with Crippen molar-refractivity contribution in [3.8, 4) is 0 Å². The first-order chi connectivity index (χ1) is 10.8. The molecule has 0 spiro atoms. The van der Waals surface area contributed by atoms with Crippen LogP contribution in [0.4, 0.5) is 10.2 Å². The molecule has 0 aliphatic carbocycles. The van der Waals surface area contributed by atoms with E-state index < -0.39 is 6.17 Å². The Labute approximate surface area is 131 Å². The molecule has 0 bridgehead atoms. The summed E-state index contributed by atoms with van der Waals surface area (Å²) in [5.41, 5.74) is 1.07. The average molecular weight is 299 g/mol. The van der Waals surface area contributed by atoms with E-state index in [1.807, 2.05) is 54.7 Å². The maximum atomic E-state index is 14.2. The zero-order valence-corrected chi connectivity index (χ0v) is 12.7. The largest absolute Gasteiger partial charge is 0.354 e. The lowest BCUT2D eigenvalue weighted by atomic mass is 10.1. The second-order valence-electron chi connectivity index (χ2n) is 5.76. The first-order valence-corrected chi connectivity index (χ1v) is 7.87. The first-order valence-electron chi connectivity index (χ1n) is 7.87. The minimum Gasteiger partial charge on any atom is -0.354 e. The van der Waals surface area contributed by atoms with E-state index in [0.29, 0.717) is 13.0 Å². The topological polar surface area (TPSA) is 19.4 Å². The van der Waals surface area contributed by atoms with Crippen molar-refractivity contribution in [3.05, 3.63) is 60.3 Å². The van der Waals surface area contributed by atoms with Crippen LogP contribution in [0.2, 0.25) is 0 Å². The molecule has 4 heteroatoms. The number of alkyl halides is 1. The molecule has 1 atom stereocenters. The van der Waals surface area contributed by atoms with Crippen LogP contribution >= 0.6 is 0 Å². The predicted molar refractivity (Wildman–Crippen MR) is 87.9 cm³/mol. The highest BCUT2D eigenvalue weighted by atomic mass is 19.1. The number of aromatic nitrogens is 1. The highest BCUT2D eigenvalue weighted by Gasteiger charge is 2.20. The Kier molecular flexibility index (Phi) is 5.01. The summed E-state index contributed by atoms with van der Waals surface area (Å²) in [6.07, 6.45) is 1.52. The van der Waals surface area contributed by atoms with E-state index in [2.05, 4.69) is 14.8 Å². The number of nitrogens with zero attached hydrogens (tertiary/aromatic N) is 3. The van der Waals surface area contributed by atoms with Crippen LogP contribution in [0.5, 0.6) is 0 Å². The van der Waals surface area contributed by atoms with Crippen molar-refractivity contribution in [2.75, 3.05) is 37.6 Å². The van der Waals surface area contributed by atoms with Crippen LogP contribution in [0, 0.1) is 0 Å². The number of halogens is 1. The van der Waals surface area contributed by atoms with Gasteiger partial charge in [0.05, 0.1) is 0 Å². The Balaban J connectivity index is 1.46. The maximum absolute atomic E-state index is 14.2. The molecule has 0 unspecified atom stereocenters. The summed E-state index contributed by atoms with van der Waals surface area (Å²) >= 11 is 0. The van der Waals surface area contributed by atoms with Gasteiger partial charge in [-0.05, 0) is 17.7 Å². The Morgan fingerprint density at radius 3 is 2.36 bits per heavy atom. The fourth-order valence-corrected chi connectivity index (χ4v) is 2.91. The Morgan fingerprint density at radius 1 is 0.955 bits per heavy atom. The van der Waals surface area contributed by atoms with Crippen LogP contribution in [-0.2, 0) is 6.42 Å². The fourth-order valence-electron chi connectivity index (χ4n) is 2.91. The molecule has 22 heavy (non-hydrogen) atoms. The van der Waals surface area contributed by atoms with Crippen molar-refractivity contribution in [2.45, 2.75) is 12.6 Å². The monoisotopic (exact) mass is 299 g/mol. The van der Waals surface area contributed by atoms with Crippen LogP contribution in [-0.4, -0.2) is 48.8 Å². The number of benzene rings is 1. The molecule has 2 heterocycles. The van der Waals surface area contributed by atoms with E-state index in [1.54, 1.807) is 0 Å². The molecular weight excluding hydrogens is 277 g/mol. The third-order valence-electron chi connectivity index (χ3n) is 4.10. The third-order valence-corrected chi connectivity index (χ3v) is 4.10. The number of anilines is 1. The van der Waals surface area contributed by atoms with Crippen molar-refractivity contribution >= 4 is 5.82 Å². The van der Waals surface area contributed by atoms with E-state index in [0.717, 1.165) is 37.6 Å². The standard InChI is InChI=1S/C18H22FN3/c19-17(14-16-6-2-1-3-7-16)15-21-10-12-22(13-11-21)18-8-4-5-9-20-18/h1-9,17H,10-15H2/t17-/m1/s1. The minimum atomic E-state index is -0.802. The van der Waals surface area contributed by atoms with Crippen LogP contribution in [0.25, 0.3) is 0 Å². The summed E-state index contributed by atoms with van der Waals surface area (Å²) in [5, 5.41) is 0. The van der Waals surface area contributed by atoms with Gasteiger partial charge in [-0.1, -0.05) is 36.4 Å². The van der Waals surface area contributed by atoms with Gasteiger partial charge in [-0.25, -0.2) is 9.37 Å². The molecule has 1 fully saturated rings. The van der Waals surface area contributed by atoms with Crippen molar-refractivity contribution < 1.29 is 4.39 Å². The summed E-state index contributed by atoms with van der Waals surface area (Å²) in [6.45, 7) is 4.13. The zero-order valence-electron chi connectivity index (χ0n) is 12.7. The minimum absolute atomic E-state index is 0.501. The molecular formula is C18H22FN3. The smallest absolute Gasteiger partial charge is 0.128 e. The van der Waals surface area contributed by atoms with Gasteiger partial charge < -0.3 is 4.90 Å². The molecule has 0 saturated carbocycles. The van der Waals surface area contributed by atoms with E-state index in [-0.39, 0.29) is 0 Å². The maximum Gasteiger partial charge on any atom is 0.128 e. The highest BCUT2D eigenvalue weighted by molar-refractivity contribution is 5.38. The van der Waals surface area contributed by atoms with Crippen molar-refractivity contribution in [1.29, 1.82) is 0 Å². The van der Waals surface area contributed by atoms with Crippen molar-refractivity contribution in [2.24, 2.45) is 0 Å². The van der Waals surface area contributed by atoms with Gasteiger partial charge in [-0.15, -0.1) is 0 Å².